The normalized spacial score (nSPS) is 11.5. The van der Waals surface area contributed by atoms with Crippen LogP contribution in [0.15, 0.2) is 103 Å². The second kappa shape index (κ2) is 10.6. The van der Waals surface area contributed by atoms with Crippen molar-refractivity contribution in [1.82, 2.24) is 19.3 Å². The number of rotatable bonds is 6. The Balaban J connectivity index is 1.33. The van der Waals surface area contributed by atoms with Gasteiger partial charge in [-0.1, -0.05) is 48.9 Å². The smallest absolute Gasteiger partial charge is 0.137 e. The van der Waals surface area contributed by atoms with Crippen molar-refractivity contribution >= 4 is 21.8 Å². The molecule has 43 heavy (non-hydrogen) atoms. The third kappa shape index (κ3) is 4.77. The Morgan fingerprint density at radius 2 is 1.51 bits per heavy atom. The summed E-state index contributed by atoms with van der Waals surface area (Å²) in [4.78, 5) is 4.74. The highest BCUT2D eigenvalue weighted by Crippen LogP contribution is 2.36. The summed E-state index contributed by atoms with van der Waals surface area (Å²) in [6, 6.07) is 34.0. The van der Waals surface area contributed by atoms with E-state index in [1.165, 1.54) is 38.6 Å². The number of hydrogen-bond acceptors (Lipinski definition) is 3. The van der Waals surface area contributed by atoms with Gasteiger partial charge in [-0.3, -0.25) is 4.57 Å². The van der Waals surface area contributed by atoms with E-state index >= 15 is 0 Å². The van der Waals surface area contributed by atoms with Crippen molar-refractivity contribution in [3.8, 4) is 34.1 Å². The predicted molar refractivity (Wildman–Crippen MR) is 176 cm³/mol. The molecule has 3 heterocycles. The van der Waals surface area contributed by atoms with Gasteiger partial charge in [-0.25, -0.2) is 9.67 Å². The van der Waals surface area contributed by atoms with Crippen LogP contribution >= 0.6 is 0 Å². The molecule has 0 radical (unpaired) electrons. The van der Waals surface area contributed by atoms with Gasteiger partial charge in [0.2, 0.25) is 0 Å². The third-order valence-electron chi connectivity index (χ3n) is 8.22. The minimum atomic E-state index is 0.776. The van der Waals surface area contributed by atoms with E-state index in [1.807, 2.05) is 23.0 Å². The summed E-state index contributed by atoms with van der Waals surface area (Å²) >= 11 is 0. The first-order chi connectivity index (χ1) is 20.9. The molecule has 0 spiro atoms. The molecule has 3 aromatic heterocycles. The van der Waals surface area contributed by atoms with Crippen LogP contribution in [0, 0.1) is 27.7 Å². The summed E-state index contributed by atoms with van der Waals surface area (Å²) in [7, 11) is 0. The van der Waals surface area contributed by atoms with Gasteiger partial charge in [-0.05, 0) is 99.3 Å². The highest BCUT2D eigenvalue weighted by Gasteiger charge is 2.17. The van der Waals surface area contributed by atoms with Crippen LogP contribution in [0.4, 0.5) is 0 Å². The lowest BCUT2D eigenvalue weighted by molar-refractivity contribution is 0.482. The highest BCUT2D eigenvalue weighted by molar-refractivity contribution is 6.09. The van der Waals surface area contributed by atoms with Crippen LogP contribution in [-0.4, -0.2) is 19.3 Å². The van der Waals surface area contributed by atoms with Crippen molar-refractivity contribution in [3.63, 3.8) is 0 Å². The average Bonchev–Trinajstić information content (AvgIpc) is 3.49. The highest BCUT2D eigenvalue weighted by atomic mass is 16.5. The zero-order chi connectivity index (χ0) is 29.7. The molecule has 0 fully saturated rings. The molecule has 0 aliphatic heterocycles. The summed E-state index contributed by atoms with van der Waals surface area (Å²) in [5.41, 5.74) is 11.2. The molecule has 0 aliphatic carbocycles. The predicted octanol–water partition coefficient (Wildman–Crippen LogP) is 9.62. The number of nitrogens with zero attached hydrogens (tertiary/aromatic N) is 4. The Bertz CT molecular complexity index is 2140. The number of fused-ring (bicyclic) bond motifs is 3. The van der Waals surface area contributed by atoms with Gasteiger partial charge in [-0.2, -0.15) is 5.10 Å². The molecule has 0 aliphatic rings. The molecule has 0 amide bonds. The van der Waals surface area contributed by atoms with Crippen LogP contribution in [0.1, 0.15) is 35.0 Å². The van der Waals surface area contributed by atoms with Crippen molar-refractivity contribution in [2.75, 3.05) is 0 Å². The molecule has 0 unspecified atom stereocenters. The van der Waals surface area contributed by atoms with Gasteiger partial charge >= 0.3 is 0 Å². The fourth-order valence-electron chi connectivity index (χ4n) is 6.15. The molecule has 0 bridgehead atoms. The number of aromatic nitrogens is 4. The van der Waals surface area contributed by atoms with E-state index in [9.17, 15) is 0 Å². The largest absolute Gasteiger partial charge is 0.457 e. The summed E-state index contributed by atoms with van der Waals surface area (Å²) < 4.78 is 10.9. The zero-order valence-corrected chi connectivity index (χ0v) is 25.2. The van der Waals surface area contributed by atoms with Crippen molar-refractivity contribution in [3.05, 3.63) is 131 Å². The molecule has 0 saturated heterocycles. The molecular formula is C38H34N4O. The summed E-state index contributed by atoms with van der Waals surface area (Å²) in [5.74, 6) is 2.46. The lowest BCUT2D eigenvalue weighted by Crippen LogP contribution is -2.01. The van der Waals surface area contributed by atoms with Gasteiger partial charge in [0.15, 0.2) is 0 Å². The van der Waals surface area contributed by atoms with E-state index in [2.05, 4.69) is 124 Å². The molecule has 212 valence electrons. The van der Waals surface area contributed by atoms with Gasteiger partial charge in [-0.15, -0.1) is 0 Å². The van der Waals surface area contributed by atoms with E-state index in [0.717, 1.165) is 51.8 Å². The van der Waals surface area contributed by atoms with Crippen LogP contribution in [-0.2, 0) is 6.42 Å². The van der Waals surface area contributed by atoms with Gasteiger partial charge in [0.05, 0.1) is 22.4 Å². The van der Waals surface area contributed by atoms with Crippen LogP contribution in [0.5, 0.6) is 11.5 Å². The van der Waals surface area contributed by atoms with Gasteiger partial charge in [0.1, 0.15) is 17.3 Å². The topological polar surface area (TPSA) is 44.9 Å². The quantitative estimate of drug-likeness (QED) is 0.203. The second-order valence-electron chi connectivity index (χ2n) is 11.3. The number of benzene rings is 4. The van der Waals surface area contributed by atoms with Crippen LogP contribution in [0.25, 0.3) is 44.4 Å². The second-order valence-corrected chi connectivity index (χ2v) is 11.3. The van der Waals surface area contributed by atoms with Gasteiger partial charge in [0, 0.05) is 40.4 Å². The summed E-state index contributed by atoms with van der Waals surface area (Å²) in [6.45, 7) is 10.6. The first kappa shape index (κ1) is 26.7. The maximum absolute atomic E-state index is 6.61. The molecule has 0 atom stereocenters. The number of aryl methyl sites for hydroxylation is 4. The Morgan fingerprint density at radius 1 is 0.698 bits per heavy atom. The fourth-order valence-corrected chi connectivity index (χ4v) is 6.15. The molecule has 7 aromatic rings. The minimum Gasteiger partial charge on any atom is -0.457 e. The first-order valence-corrected chi connectivity index (χ1v) is 14.8. The zero-order valence-electron chi connectivity index (χ0n) is 25.2. The molecule has 0 saturated carbocycles. The van der Waals surface area contributed by atoms with E-state index in [-0.39, 0.29) is 0 Å². The van der Waals surface area contributed by atoms with Crippen LogP contribution in [0.3, 0.4) is 0 Å². The van der Waals surface area contributed by atoms with Crippen LogP contribution in [0.2, 0.25) is 0 Å². The number of hydrogen-bond donors (Lipinski definition) is 0. The lowest BCUT2D eigenvalue weighted by Gasteiger charge is -2.13. The van der Waals surface area contributed by atoms with Gasteiger partial charge in [0.25, 0.3) is 0 Å². The van der Waals surface area contributed by atoms with Gasteiger partial charge < -0.3 is 4.74 Å². The Hall–Kier alpha value is -5.16. The maximum Gasteiger partial charge on any atom is 0.137 e. The maximum atomic E-state index is 6.61. The first-order valence-electron chi connectivity index (χ1n) is 14.8. The van der Waals surface area contributed by atoms with E-state index in [4.69, 9.17) is 14.8 Å². The molecule has 4 aromatic carbocycles. The van der Waals surface area contributed by atoms with E-state index in [0.29, 0.717) is 0 Å². The molecule has 5 heteroatoms. The summed E-state index contributed by atoms with van der Waals surface area (Å²) in [5, 5.41) is 7.34. The van der Waals surface area contributed by atoms with Crippen molar-refractivity contribution < 1.29 is 4.74 Å². The van der Waals surface area contributed by atoms with Crippen molar-refractivity contribution in [2.45, 2.75) is 41.0 Å². The monoisotopic (exact) mass is 562 g/mol. The Labute approximate surface area is 252 Å². The average molecular weight is 563 g/mol. The third-order valence-corrected chi connectivity index (χ3v) is 8.22. The fraction of sp³-hybridized carbons (Fsp3) is 0.158. The Kier molecular flexibility index (Phi) is 6.58. The number of pyridine rings is 1. The molecule has 0 N–H and O–H groups in total. The summed E-state index contributed by atoms with van der Waals surface area (Å²) in [6.07, 6.45) is 2.76. The van der Waals surface area contributed by atoms with Crippen molar-refractivity contribution in [2.24, 2.45) is 0 Å². The number of ether oxygens (including phenoxy) is 1. The minimum absolute atomic E-state index is 0.776. The van der Waals surface area contributed by atoms with Crippen LogP contribution < -0.4 is 4.74 Å². The lowest BCUT2D eigenvalue weighted by atomic mass is 10.0. The molecule has 5 nitrogen and oxygen atoms in total. The van der Waals surface area contributed by atoms with Crippen molar-refractivity contribution in [1.29, 1.82) is 0 Å². The standard InChI is InChI=1S/C38H34N4O/c1-6-28-20-30(42-27(5)38(26(4)40-42)29-10-8-7-9-11-29)22-32(21-28)43-31-13-14-33-34-18-24(2)12-15-35(34)41(36(33)23-31)37-19-25(3)16-17-39-37/h7-23H,6H2,1-5H3. The SMILES string of the molecule is CCc1cc(Oc2ccc3c4cc(C)ccc4n(-c4cc(C)ccn4)c3c2)cc(-n2nc(C)c(-c3ccccc3)c2C)c1. The molecular weight excluding hydrogens is 528 g/mol. The molecule has 7 rings (SSSR count). The van der Waals surface area contributed by atoms with E-state index in [1.54, 1.807) is 0 Å². The van der Waals surface area contributed by atoms with E-state index < -0.39 is 0 Å². The Morgan fingerprint density at radius 3 is 2.30 bits per heavy atom.